The number of carbonyl (C=O) groups excluding carboxylic acids is 1. The van der Waals surface area contributed by atoms with Gasteiger partial charge in [0, 0.05) is 24.4 Å². The van der Waals surface area contributed by atoms with Crippen LogP contribution in [-0.4, -0.2) is 30.8 Å². The average molecular weight is 436 g/mol. The Labute approximate surface area is 186 Å². The maximum atomic E-state index is 12.2. The number of nitrogens with one attached hydrogen (secondary N) is 1. The minimum atomic E-state index is -0.366. The molecule has 6 nitrogen and oxygen atoms in total. The Morgan fingerprint density at radius 3 is 2.52 bits per heavy atom. The lowest BCUT2D eigenvalue weighted by molar-refractivity contribution is -0.114. The number of pyridine rings is 1. The van der Waals surface area contributed by atoms with Gasteiger partial charge in [-0.2, -0.15) is 0 Å². The molecule has 2 aromatic carbocycles. The van der Waals surface area contributed by atoms with Gasteiger partial charge in [-0.25, -0.2) is 4.98 Å². The standard InChI is InChI=1S/C24H22ClN3O3/c1-16(17-9-5-4-6-10-17)19-13-21(25)24(27-14-19)31-15-18-11-7-8-12-20(18)22(28-30-3)23(29)26-2/h4-14H,1,15H2,2-3H3,(H,26,29)/b28-22-. The van der Waals surface area contributed by atoms with Gasteiger partial charge in [-0.1, -0.05) is 77.9 Å². The molecule has 0 aliphatic rings. The van der Waals surface area contributed by atoms with Crippen molar-refractivity contribution in [2.45, 2.75) is 6.61 Å². The first-order chi connectivity index (χ1) is 15.0. The van der Waals surface area contributed by atoms with Crippen LogP contribution in [0, 0.1) is 0 Å². The molecule has 1 amide bonds. The van der Waals surface area contributed by atoms with E-state index in [0.29, 0.717) is 10.6 Å². The highest BCUT2D eigenvalue weighted by Crippen LogP contribution is 2.29. The molecule has 0 aliphatic heterocycles. The van der Waals surface area contributed by atoms with Gasteiger partial charge in [0.1, 0.15) is 18.7 Å². The van der Waals surface area contributed by atoms with Crippen molar-refractivity contribution < 1.29 is 14.4 Å². The summed E-state index contributed by atoms with van der Waals surface area (Å²) < 4.78 is 5.85. The lowest BCUT2D eigenvalue weighted by Crippen LogP contribution is -2.29. The van der Waals surface area contributed by atoms with E-state index in [2.05, 4.69) is 22.0 Å². The number of aromatic nitrogens is 1. The third-order valence-corrected chi connectivity index (χ3v) is 4.81. The topological polar surface area (TPSA) is 72.8 Å². The normalized spacial score (nSPS) is 11.0. The van der Waals surface area contributed by atoms with Gasteiger partial charge in [-0.05, 0) is 22.8 Å². The quantitative estimate of drug-likeness (QED) is 0.418. The molecule has 0 fully saturated rings. The fourth-order valence-electron chi connectivity index (χ4n) is 2.95. The summed E-state index contributed by atoms with van der Waals surface area (Å²) >= 11 is 6.42. The molecule has 1 N–H and O–H groups in total. The van der Waals surface area contributed by atoms with Gasteiger partial charge >= 0.3 is 0 Å². The number of rotatable bonds is 8. The molecule has 0 saturated carbocycles. The molecule has 0 aliphatic carbocycles. The van der Waals surface area contributed by atoms with E-state index in [1.54, 1.807) is 18.3 Å². The molecule has 3 aromatic rings. The van der Waals surface area contributed by atoms with Gasteiger partial charge in [0.25, 0.3) is 5.91 Å². The fourth-order valence-corrected chi connectivity index (χ4v) is 3.17. The second-order valence-electron chi connectivity index (χ2n) is 6.50. The summed E-state index contributed by atoms with van der Waals surface area (Å²) in [5, 5.41) is 6.78. The Kier molecular flexibility index (Phi) is 7.40. The molecule has 1 aromatic heterocycles. The van der Waals surface area contributed by atoms with E-state index in [-0.39, 0.29) is 24.1 Å². The SMILES string of the molecule is C=C(c1ccccc1)c1cnc(OCc2ccccc2/C(=N/OC)C(=O)NC)c(Cl)c1. The third-order valence-electron chi connectivity index (χ3n) is 4.54. The van der Waals surface area contributed by atoms with Gasteiger partial charge in [0.2, 0.25) is 5.88 Å². The highest BCUT2D eigenvalue weighted by molar-refractivity contribution is 6.45. The molecule has 0 spiro atoms. The minimum absolute atomic E-state index is 0.140. The summed E-state index contributed by atoms with van der Waals surface area (Å²) in [6, 6.07) is 18.8. The van der Waals surface area contributed by atoms with Crippen molar-refractivity contribution in [3.63, 3.8) is 0 Å². The van der Waals surface area contributed by atoms with Crippen molar-refractivity contribution in [2.24, 2.45) is 5.16 Å². The lowest BCUT2D eigenvalue weighted by atomic mass is 10.0. The highest BCUT2D eigenvalue weighted by Gasteiger charge is 2.18. The van der Waals surface area contributed by atoms with Crippen LogP contribution in [-0.2, 0) is 16.2 Å². The van der Waals surface area contributed by atoms with Crippen molar-refractivity contribution in [2.75, 3.05) is 14.2 Å². The van der Waals surface area contributed by atoms with Crippen LogP contribution in [0.5, 0.6) is 5.88 Å². The van der Waals surface area contributed by atoms with Crippen LogP contribution in [0.2, 0.25) is 5.02 Å². The first-order valence-electron chi connectivity index (χ1n) is 9.49. The van der Waals surface area contributed by atoms with E-state index in [0.717, 1.165) is 22.3 Å². The van der Waals surface area contributed by atoms with E-state index in [1.165, 1.54) is 14.2 Å². The predicted octanol–water partition coefficient (Wildman–Crippen LogP) is 4.47. The number of nitrogens with zero attached hydrogens (tertiary/aromatic N) is 2. The maximum absolute atomic E-state index is 12.2. The van der Waals surface area contributed by atoms with Crippen LogP contribution in [0.15, 0.2) is 78.6 Å². The monoisotopic (exact) mass is 435 g/mol. The molecular formula is C24H22ClN3O3. The Balaban J connectivity index is 1.80. The zero-order chi connectivity index (χ0) is 22.2. The number of hydrogen-bond donors (Lipinski definition) is 1. The summed E-state index contributed by atoms with van der Waals surface area (Å²) in [6.07, 6.45) is 1.67. The first-order valence-corrected chi connectivity index (χ1v) is 9.87. The molecule has 0 atom stereocenters. The summed E-state index contributed by atoms with van der Waals surface area (Å²) in [5.41, 5.74) is 4.09. The minimum Gasteiger partial charge on any atom is -0.472 e. The van der Waals surface area contributed by atoms with E-state index in [9.17, 15) is 4.79 Å². The smallest absolute Gasteiger partial charge is 0.273 e. The number of carbonyl (C=O) groups is 1. The van der Waals surface area contributed by atoms with Crippen molar-refractivity contribution in [3.8, 4) is 5.88 Å². The van der Waals surface area contributed by atoms with Crippen molar-refractivity contribution >= 4 is 28.8 Å². The molecule has 0 bridgehead atoms. The van der Waals surface area contributed by atoms with E-state index >= 15 is 0 Å². The Morgan fingerprint density at radius 2 is 1.84 bits per heavy atom. The Bertz CT molecular complexity index is 1110. The Hall–Kier alpha value is -3.64. The number of likely N-dealkylation sites (N-methyl/N-ethyl adjacent to an activating group) is 1. The van der Waals surface area contributed by atoms with Crippen LogP contribution in [0.3, 0.4) is 0 Å². The van der Waals surface area contributed by atoms with Crippen LogP contribution >= 0.6 is 11.6 Å². The molecule has 7 heteroatoms. The number of oxime groups is 1. The number of hydrogen-bond acceptors (Lipinski definition) is 5. The summed E-state index contributed by atoms with van der Waals surface area (Å²) in [5.74, 6) is -0.0829. The second kappa shape index (κ2) is 10.4. The van der Waals surface area contributed by atoms with Crippen LogP contribution in [0.25, 0.3) is 5.57 Å². The molecule has 0 unspecified atom stereocenters. The molecule has 0 radical (unpaired) electrons. The second-order valence-corrected chi connectivity index (χ2v) is 6.91. The van der Waals surface area contributed by atoms with E-state index in [1.807, 2.05) is 48.5 Å². The van der Waals surface area contributed by atoms with E-state index < -0.39 is 0 Å². The summed E-state index contributed by atoms with van der Waals surface area (Å²) in [6.45, 7) is 4.27. The summed E-state index contributed by atoms with van der Waals surface area (Å²) in [7, 11) is 2.91. The lowest BCUT2D eigenvalue weighted by Gasteiger charge is -2.13. The number of ether oxygens (including phenoxy) is 1. The Morgan fingerprint density at radius 1 is 1.13 bits per heavy atom. The fraction of sp³-hybridized carbons (Fsp3) is 0.125. The molecule has 0 saturated heterocycles. The summed E-state index contributed by atoms with van der Waals surface area (Å²) in [4.78, 5) is 21.4. The molecule has 1 heterocycles. The van der Waals surface area contributed by atoms with Crippen LogP contribution in [0.4, 0.5) is 0 Å². The van der Waals surface area contributed by atoms with Crippen LogP contribution in [0.1, 0.15) is 22.3 Å². The molecule has 31 heavy (non-hydrogen) atoms. The predicted molar refractivity (Wildman–Crippen MR) is 122 cm³/mol. The van der Waals surface area contributed by atoms with Gasteiger partial charge in [0.15, 0.2) is 5.71 Å². The van der Waals surface area contributed by atoms with Crippen LogP contribution < -0.4 is 10.1 Å². The zero-order valence-corrected chi connectivity index (χ0v) is 18.0. The third kappa shape index (κ3) is 5.29. The maximum Gasteiger partial charge on any atom is 0.273 e. The highest BCUT2D eigenvalue weighted by atomic mass is 35.5. The van der Waals surface area contributed by atoms with Gasteiger partial charge in [-0.15, -0.1) is 0 Å². The molecule has 3 rings (SSSR count). The number of halogens is 1. The van der Waals surface area contributed by atoms with Gasteiger partial charge in [0.05, 0.1) is 0 Å². The largest absolute Gasteiger partial charge is 0.472 e. The zero-order valence-electron chi connectivity index (χ0n) is 17.3. The van der Waals surface area contributed by atoms with E-state index in [4.69, 9.17) is 21.2 Å². The van der Waals surface area contributed by atoms with Crippen molar-refractivity contribution in [1.82, 2.24) is 10.3 Å². The van der Waals surface area contributed by atoms with Crippen molar-refractivity contribution in [1.29, 1.82) is 0 Å². The van der Waals surface area contributed by atoms with Crippen molar-refractivity contribution in [3.05, 3.63) is 101 Å². The van der Waals surface area contributed by atoms with Gasteiger partial charge < -0.3 is 14.9 Å². The molecule has 158 valence electrons. The average Bonchev–Trinajstić information content (AvgIpc) is 2.81. The number of benzene rings is 2. The first kappa shape index (κ1) is 22.1. The molecular weight excluding hydrogens is 414 g/mol. The number of amides is 1. The van der Waals surface area contributed by atoms with Gasteiger partial charge in [-0.3, -0.25) is 4.79 Å².